The van der Waals surface area contributed by atoms with Gasteiger partial charge in [-0.25, -0.2) is 0 Å². The molecule has 6 nitrogen and oxygen atoms in total. The summed E-state index contributed by atoms with van der Waals surface area (Å²) in [5, 5.41) is 6.84. The number of carbonyl (C=O) groups excluding carboxylic acids is 1. The number of nitrogens with one attached hydrogen (secondary N) is 1. The number of hydrogen-bond donors (Lipinski definition) is 1. The van der Waals surface area contributed by atoms with Gasteiger partial charge in [-0.3, -0.25) is 9.69 Å². The van der Waals surface area contributed by atoms with Crippen LogP contribution >= 0.6 is 11.3 Å². The molecule has 2 heterocycles. The van der Waals surface area contributed by atoms with Gasteiger partial charge in [0.25, 0.3) is 5.91 Å². The fraction of sp³-hybridized carbons (Fsp3) is 0.450. The number of morpholine rings is 1. The molecule has 0 bridgehead atoms. The van der Waals surface area contributed by atoms with E-state index < -0.39 is 0 Å². The molecule has 1 aliphatic heterocycles. The SMILES string of the molecule is CCOc1ccc(C(CNC(=O)c2ccsc2)N2CCOCC2)cc1OC. The molecule has 1 aromatic carbocycles. The van der Waals surface area contributed by atoms with E-state index in [1.54, 1.807) is 7.11 Å². The van der Waals surface area contributed by atoms with Crippen molar-refractivity contribution in [1.29, 1.82) is 0 Å². The van der Waals surface area contributed by atoms with Crippen LogP contribution in [0.15, 0.2) is 35.0 Å². The van der Waals surface area contributed by atoms with Crippen molar-refractivity contribution in [2.45, 2.75) is 13.0 Å². The lowest BCUT2D eigenvalue weighted by Crippen LogP contribution is -2.43. The Labute approximate surface area is 164 Å². The third kappa shape index (κ3) is 5.00. The fourth-order valence-electron chi connectivity index (χ4n) is 3.20. The highest BCUT2D eigenvalue weighted by Crippen LogP contribution is 2.32. The summed E-state index contributed by atoms with van der Waals surface area (Å²) in [6.45, 7) is 6.10. The van der Waals surface area contributed by atoms with Gasteiger partial charge in [0.2, 0.25) is 0 Å². The van der Waals surface area contributed by atoms with E-state index in [4.69, 9.17) is 14.2 Å². The Hall–Kier alpha value is -2.09. The first kappa shape index (κ1) is 19.7. The predicted octanol–water partition coefficient (Wildman–Crippen LogP) is 2.96. The Bertz CT molecular complexity index is 730. The van der Waals surface area contributed by atoms with Gasteiger partial charge < -0.3 is 19.5 Å². The molecule has 1 amide bonds. The minimum Gasteiger partial charge on any atom is -0.493 e. The van der Waals surface area contributed by atoms with E-state index in [0.29, 0.717) is 37.7 Å². The van der Waals surface area contributed by atoms with Crippen LogP contribution in [-0.2, 0) is 4.74 Å². The minimum absolute atomic E-state index is 0.0427. The molecule has 1 unspecified atom stereocenters. The Morgan fingerprint density at radius 3 is 2.78 bits per heavy atom. The number of methoxy groups -OCH3 is 1. The number of carbonyl (C=O) groups is 1. The summed E-state index contributed by atoms with van der Waals surface area (Å²) in [4.78, 5) is 14.7. The van der Waals surface area contributed by atoms with Crippen molar-refractivity contribution in [3.63, 3.8) is 0 Å². The molecule has 1 aliphatic rings. The molecule has 7 heteroatoms. The van der Waals surface area contributed by atoms with Gasteiger partial charge in [-0.1, -0.05) is 6.07 Å². The molecular weight excluding hydrogens is 364 g/mol. The zero-order chi connectivity index (χ0) is 19.1. The van der Waals surface area contributed by atoms with Crippen LogP contribution in [0.1, 0.15) is 28.9 Å². The van der Waals surface area contributed by atoms with Crippen LogP contribution in [0.25, 0.3) is 0 Å². The van der Waals surface area contributed by atoms with Crippen LogP contribution < -0.4 is 14.8 Å². The van der Waals surface area contributed by atoms with E-state index in [2.05, 4.69) is 10.2 Å². The lowest BCUT2D eigenvalue weighted by molar-refractivity contribution is 0.0162. The molecule has 1 N–H and O–H groups in total. The van der Waals surface area contributed by atoms with Crippen LogP contribution in [0.2, 0.25) is 0 Å². The second kappa shape index (κ2) is 9.73. The molecule has 0 aliphatic carbocycles. The molecule has 0 saturated carbocycles. The Morgan fingerprint density at radius 2 is 2.11 bits per heavy atom. The molecule has 3 rings (SSSR count). The maximum absolute atomic E-state index is 12.4. The molecule has 1 aromatic heterocycles. The first-order valence-corrected chi connectivity index (χ1v) is 10.1. The van der Waals surface area contributed by atoms with Crippen LogP contribution in [0.3, 0.4) is 0 Å². The van der Waals surface area contributed by atoms with Gasteiger partial charge in [-0.05, 0) is 36.1 Å². The molecule has 27 heavy (non-hydrogen) atoms. The van der Waals surface area contributed by atoms with Crippen LogP contribution in [0.4, 0.5) is 0 Å². The number of ether oxygens (including phenoxy) is 3. The Morgan fingerprint density at radius 1 is 1.30 bits per heavy atom. The summed E-state index contributed by atoms with van der Waals surface area (Å²) in [6.07, 6.45) is 0. The average Bonchev–Trinajstić information content (AvgIpc) is 3.25. The summed E-state index contributed by atoms with van der Waals surface area (Å²) in [6, 6.07) is 7.86. The monoisotopic (exact) mass is 390 g/mol. The minimum atomic E-state index is -0.0487. The first-order valence-electron chi connectivity index (χ1n) is 9.16. The van der Waals surface area contributed by atoms with Crippen molar-refractivity contribution in [1.82, 2.24) is 10.2 Å². The third-order valence-corrected chi connectivity index (χ3v) is 5.28. The largest absolute Gasteiger partial charge is 0.493 e. The van der Waals surface area contributed by atoms with Crippen molar-refractivity contribution in [3.8, 4) is 11.5 Å². The third-order valence-electron chi connectivity index (χ3n) is 4.60. The van der Waals surface area contributed by atoms with Crippen molar-refractivity contribution in [2.75, 3.05) is 46.6 Å². The van der Waals surface area contributed by atoms with E-state index in [9.17, 15) is 4.79 Å². The number of amides is 1. The molecule has 1 saturated heterocycles. The lowest BCUT2D eigenvalue weighted by Gasteiger charge is -2.35. The Kier molecular flexibility index (Phi) is 7.09. The quantitative estimate of drug-likeness (QED) is 0.751. The van der Waals surface area contributed by atoms with Crippen LogP contribution in [0, 0.1) is 0 Å². The van der Waals surface area contributed by atoms with Gasteiger partial charge in [-0.2, -0.15) is 11.3 Å². The highest BCUT2D eigenvalue weighted by atomic mass is 32.1. The smallest absolute Gasteiger partial charge is 0.252 e. The van der Waals surface area contributed by atoms with Gasteiger partial charge in [-0.15, -0.1) is 0 Å². The topological polar surface area (TPSA) is 60.0 Å². The van der Waals surface area contributed by atoms with E-state index in [1.807, 2.05) is 41.9 Å². The summed E-state index contributed by atoms with van der Waals surface area (Å²) in [5.74, 6) is 1.39. The summed E-state index contributed by atoms with van der Waals surface area (Å²) >= 11 is 1.52. The predicted molar refractivity (Wildman–Crippen MR) is 106 cm³/mol. The van der Waals surface area contributed by atoms with Crippen molar-refractivity contribution in [3.05, 3.63) is 46.2 Å². The fourth-order valence-corrected chi connectivity index (χ4v) is 3.83. The van der Waals surface area contributed by atoms with Gasteiger partial charge in [0.1, 0.15) is 0 Å². The molecular formula is C20H26N2O4S. The maximum Gasteiger partial charge on any atom is 0.252 e. The van der Waals surface area contributed by atoms with Gasteiger partial charge in [0.05, 0.1) is 33.0 Å². The van der Waals surface area contributed by atoms with Gasteiger partial charge >= 0.3 is 0 Å². The van der Waals surface area contributed by atoms with Gasteiger partial charge in [0, 0.05) is 30.6 Å². The van der Waals surface area contributed by atoms with Crippen LogP contribution in [-0.4, -0.2) is 57.4 Å². The van der Waals surface area contributed by atoms with Crippen molar-refractivity contribution in [2.24, 2.45) is 0 Å². The highest BCUT2D eigenvalue weighted by Gasteiger charge is 2.24. The molecule has 1 fully saturated rings. The van der Waals surface area contributed by atoms with E-state index in [-0.39, 0.29) is 11.9 Å². The first-order chi connectivity index (χ1) is 13.2. The van der Waals surface area contributed by atoms with Crippen molar-refractivity contribution < 1.29 is 19.0 Å². The number of thiophene rings is 1. The average molecular weight is 391 g/mol. The zero-order valence-electron chi connectivity index (χ0n) is 15.8. The molecule has 0 radical (unpaired) electrons. The molecule has 0 spiro atoms. The number of benzene rings is 1. The van der Waals surface area contributed by atoms with E-state index in [0.717, 1.165) is 24.4 Å². The summed E-state index contributed by atoms with van der Waals surface area (Å²) < 4.78 is 16.6. The summed E-state index contributed by atoms with van der Waals surface area (Å²) in [7, 11) is 1.64. The zero-order valence-corrected chi connectivity index (χ0v) is 16.6. The molecule has 1 atom stereocenters. The van der Waals surface area contributed by atoms with Crippen LogP contribution in [0.5, 0.6) is 11.5 Å². The number of nitrogens with zero attached hydrogens (tertiary/aromatic N) is 1. The highest BCUT2D eigenvalue weighted by molar-refractivity contribution is 7.08. The molecule has 2 aromatic rings. The number of rotatable bonds is 8. The maximum atomic E-state index is 12.4. The van der Waals surface area contributed by atoms with Crippen molar-refractivity contribution >= 4 is 17.2 Å². The van der Waals surface area contributed by atoms with E-state index >= 15 is 0 Å². The lowest BCUT2D eigenvalue weighted by atomic mass is 10.0. The van der Waals surface area contributed by atoms with Gasteiger partial charge in [0.15, 0.2) is 11.5 Å². The molecule has 146 valence electrons. The summed E-state index contributed by atoms with van der Waals surface area (Å²) in [5.41, 5.74) is 1.79. The standard InChI is InChI=1S/C20H26N2O4S/c1-3-26-18-5-4-15(12-19(18)24-2)17(22-7-9-25-10-8-22)13-21-20(23)16-6-11-27-14-16/h4-6,11-12,14,17H,3,7-10,13H2,1-2H3,(H,21,23). The van der Waals surface area contributed by atoms with E-state index in [1.165, 1.54) is 11.3 Å². The number of hydrogen-bond acceptors (Lipinski definition) is 6. The second-order valence-corrected chi connectivity index (χ2v) is 7.01. The Balaban J connectivity index is 1.79. The second-order valence-electron chi connectivity index (χ2n) is 6.23. The normalized spacial score (nSPS) is 15.9.